The lowest BCUT2D eigenvalue weighted by atomic mass is 9.51. The highest BCUT2D eigenvalue weighted by Gasteiger charge is 2.47. The Kier molecular flexibility index (Phi) is 7.98. The minimum Gasteiger partial charge on any atom is -0.388 e. The Morgan fingerprint density at radius 3 is 2.60 bits per heavy atom. The van der Waals surface area contributed by atoms with Crippen molar-refractivity contribution in [1.82, 2.24) is 15.0 Å². The smallest absolute Gasteiger partial charge is 0.277 e. The molecule has 3 aromatic rings. The van der Waals surface area contributed by atoms with Crippen molar-refractivity contribution >= 4 is 59.9 Å². The Hall–Kier alpha value is -2.43. The van der Waals surface area contributed by atoms with Crippen LogP contribution in [0.5, 0.6) is 0 Å². The summed E-state index contributed by atoms with van der Waals surface area (Å²) in [6, 6.07) is 5.70. The van der Waals surface area contributed by atoms with E-state index >= 15 is 4.39 Å². The third-order valence-electron chi connectivity index (χ3n) is 6.80. The molecule has 2 aromatic carbocycles. The molecule has 186 valence electrons. The van der Waals surface area contributed by atoms with Gasteiger partial charge < -0.3 is 15.0 Å². The summed E-state index contributed by atoms with van der Waals surface area (Å²) in [5, 5.41) is 12.8. The number of fused-ring (bicyclic) bond motifs is 1. The molecule has 35 heavy (non-hydrogen) atoms. The van der Waals surface area contributed by atoms with Crippen molar-refractivity contribution in [3.05, 3.63) is 52.3 Å². The number of aryl methyl sites for hydroxylation is 1. The van der Waals surface area contributed by atoms with Crippen LogP contribution in [0.1, 0.15) is 44.0 Å². The third kappa shape index (κ3) is 5.10. The molecule has 2 atom stereocenters. The maximum atomic E-state index is 15.5. The van der Waals surface area contributed by atoms with Crippen LogP contribution in [0.15, 0.2) is 35.1 Å². The Balaban J connectivity index is 2.01. The highest BCUT2D eigenvalue weighted by molar-refractivity contribution is 9.10. The number of nitrogens with one attached hydrogen (secondary N) is 2. The number of hydrogen-bond donors (Lipinski definition) is 3. The Labute approximate surface area is 213 Å². The Morgan fingerprint density at radius 1 is 1.31 bits per heavy atom. The zero-order valence-electron chi connectivity index (χ0n) is 20.7. The third-order valence-corrected chi connectivity index (χ3v) is 7.30. The number of amides is 1. The second-order valence-corrected chi connectivity index (χ2v) is 10.1. The predicted molar refractivity (Wildman–Crippen MR) is 141 cm³/mol. The Morgan fingerprint density at radius 2 is 2.00 bits per heavy atom. The lowest BCUT2D eigenvalue weighted by molar-refractivity contribution is -0.146. The highest BCUT2D eigenvalue weighted by atomic mass is 79.9. The molecule has 0 aliphatic heterocycles. The van der Waals surface area contributed by atoms with Crippen molar-refractivity contribution in [3.63, 3.8) is 0 Å². The van der Waals surface area contributed by atoms with Gasteiger partial charge in [-0.25, -0.2) is 19.2 Å². The first-order chi connectivity index (χ1) is 16.4. The Bertz CT molecular complexity index is 1260. The maximum Gasteiger partial charge on any atom is 0.277 e. The van der Waals surface area contributed by atoms with Crippen molar-refractivity contribution in [1.29, 1.82) is 0 Å². The topological polar surface area (TPSA) is 88.4 Å². The molecule has 1 amide bonds. The van der Waals surface area contributed by atoms with Crippen LogP contribution in [0.2, 0.25) is 0 Å². The van der Waals surface area contributed by atoms with Crippen molar-refractivity contribution < 1.29 is 23.5 Å². The summed E-state index contributed by atoms with van der Waals surface area (Å²) in [4.78, 5) is 23.1. The standard InChI is InChI=1S/C23H29B2BrF2N4O3/c1-5-12(3)22(34,6-2)23(24,25)35-31-21(33)14-10-17-20(29-11-32(17)4)18(28)19(14)30-16-8-7-13(26)9-15(16)27/h7-12,30,34H,5-6,24-25H2,1-4H3,(H,31,33). The SMILES string of the molecule is BC(B)(ONC(=O)c1cc2c(ncn2C)c(F)c1Nc1ccc(Br)cc1F)C(O)(CC)C(C)CC. The van der Waals surface area contributed by atoms with E-state index in [1.165, 1.54) is 24.5 Å². The summed E-state index contributed by atoms with van der Waals surface area (Å²) >= 11 is 3.19. The van der Waals surface area contributed by atoms with Gasteiger partial charge in [0.2, 0.25) is 0 Å². The van der Waals surface area contributed by atoms with Gasteiger partial charge in [-0.05, 0) is 36.6 Å². The number of halogens is 3. The number of nitrogens with zero attached hydrogens (tertiary/aromatic N) is 2. The molecule has 3 N–H and O–H groups in total. The van der Waals surface area contributed by atoms with E-state index < -0.39 is 28.5 Å². The molecular formula is C23H29B2BrF2N4O3. The van der Waals surface area contributed by atoms with E-state index in [-0.39, 0.29) is 28.4 Å². The molecule has 7 nitrogen and oxygen atoms in total. The second-order valence-electron chi connectivity index (χ2n) is 9.22. The fourth-order valence-electron chi connectivity index (χ4n) is 4.27. The summed E-state index contributed by atoms with van der Waals surface area (Å²) in [6.07, 6.45) is 2.53. The van der Waals surface area contributed by atoms with Gasteiger partial charge in [0.15, 0.2) is 5.82 Å². The molecule has 0 bridgehead atoms. The van der Waals surface area contributed by atoms with E-state index in [1.54, 1.807) is 33.4 Å². The highest BCUT2D eigenvalue weighted by Crippen LogP contribution is 2.35. The molecule has 0 spiro atoms. The molecule has 0 saturated carbocycles. The van der Waals surface area contributed by atoms with Crippen LogP contribution in [0.25, 0.3) is 11.0 Å². The van der Waals surface area contributed by atoms with Gasteiger partial charge in [0.05, 0.1) is 39.8 Å². The zero-order chi connectivity index (χ0) is 26.1. The van der Waals surface area contributed by atoms with Gasteiger partial charge in [0.1, 0.15) is 27.0 Å². The second kappa shape index (κ2) is 10.3. The number of imidazole rings is 1. The van der Waals surface area contributed by atoms with Gasteiger partial charge in [-0.1, -0.05) is 43.1 Å². The van der Waals surface area contributed by atoms with E-state index in [9.17, 15) is 14.3 Å². The fraction of sp³-hybridized carbons (Fsp3) is 0.391. The molecule has 1 heterocycles. The number of aliphatic hydroxyl groups is 1. The summed E-state index contributed by atoms with van der Waals surface area (Å²) in [7, 11) is 5.04. The molecule has 1 aromatic heterocycles. The van der Waals surface area contributed by atoms with Crippen LogP contribution in [0, 0.1) is 17.6 Å². The van der Waals surface area contributed by atoms with Gasteiger partial charge in [-0.2, -0.15) is 0 Å². The first-order valence-corrected chi connectivity index (χ1v) is 12.2. The van der Waals surface area contributed by atoms with E-state index in [2.05, 4.69) is 31.7 Å². The van der Waals surface area contributed by atoms with Crippen LogP contribution in [0.4, 0.5) is 20.2 Å². The number of carbonyl (C=O) groups excluding carboxylic acids is 1. The summed E-state index contributed by atoms with van der Waals surface area (Å²) in [5.41, 5.74) is 1.17. The van der Waals surface area contributed by atoms with E-state index in [4.69, 9.17) is 4.84 Å². The monoisotopic (exact) mass is 548 g/mol. The predicted octanol–water partition coefficient (Wildman–Crippen LogP) is 3.13. The molecule has 0 saturated heterocycles. The van der Waals surface area contributed by atoms with Crippen LogP contribution >= 0.6 is 15.9 Å². The lowest BCUT2D eigenvalue weighted by Gasteiger charge is -2.45. The first kappa shape index (κ1) is 27.2. The zero-order valence-corrected chi connectivity index (χ0v) is 22.3. The van der Waals surface area contributed by atoms with Gasteiger partial charge in [-0.15, -0.1) is 0 Å². The van der Waals surface area contributed by atoms with Crippen molar-refractivity contribution in [2.45, 2.75) is 44.6 Å². The molecule has 3 rings (SSSR count). The number of aromatic nitrogens is 2. The number of hydrogen-bond acceptors (Lipinski definition) is 5. The maximum absolute atomic E-state index is 15.5. The molecule has 2 unspecified atom stereocenters. The normalized spacial score (nSPS) is 14.5. The number of benzene rings is 2. The summed E-state index contributed by atoms with van der Waals surface area (Å²) < 4.78 is 32.1. The molecule has 0 aliphatic carbocycles. The van der Waals surface area contributed by atoms with Gasteiger partial charge in [0, 0.05) is 11.5 Å². The van der Waals surface area contributed by atoms with Crippen molar-refractivity contribution in [3.8, 4) is 0 Å². The van der Waals surface area contributed by atoms with Crippen LogP contribution in [-0.2, 0) is 11.9 Å². The lowest BCUT2D eigenvalue weighted by Crippen LogP contribution is -2.62. The number of rotatable bonds is 9. The van der Waals surface area contributed by atoms with Crippen LogP contribution in [0.3, 0.4) is 0 Å². The molecule has 0 fully saturated rings. The average molecular weight is 549 g/mol. The number of carbonyl (C=O) groups is 1. The average Bonchev–Trinajstić information content (AvgIpc) is 3.20. The molecular weight excluding hydrogens is 520 g/mol. The largest absolute Gasteiger partial charge is 0.388 e. The van der Waals surface area contributed by atoms with Gasteiger partial charge in [-0.3, -0.25) is 9.63 Å². The van der Waals surface area contributed by atoms with E-state index in [1.807, 2.05) is 20.8 Å². The van der Waals surface area contributed by atoms with Crippen LogP contribution in [-0.4, -0.2) is 47.3 Å². The summed E-state index contributed by atoms with van der Waals surface area (Å²) in [6.45, 7) is 5.72. The van der Waals surface area contributed by atoms with E-state index in [0.717, 1.165) is 0 Å². The molecule has 0 aliphatic rings. The first-order valence-electron chi connectivity index (χ1n) is 11.4. The number of anilines is 2. The number of hydroxylamine groups is 1. The minimum atomic E-state index is -1.23. The van der Waals surface area contributed by atoms with Gasteiger partial charge >= 0.3 is 0 Å². The van der Waals surface area contributed by atoms with E-state index in [0.29, 0.717) is 22.8 Å². The fourth-order valence-corrected chi connectivity index (χ4v) is 4.61. The van der Waals surface area contributed by atoms with Gasteiger partial charge in [0.25, 0.3) is 5.91 Å². The quantitative estimate of drug-likeness (QED) is 0.282. The summed E-state index contributed by atoms with van der Waals surface area (Å²) in [5.74, 6) is -2.31. The molecule has 12 heteroatoms. The minimum absolute atomic E-state index is 0.0187. The molecule has 0 radical (unpaired) electrons. The van der Waals surface area contributed by atoms with Crippen molar-refractivity contribution in [2.24, 2.45) is 13.0 Å². The van der Waals surface area contributed by atoms with Crippen molar-refractivity contribution in [2.75, 3.05) is 5.32 Å². The van der Waals surface area contributed by atoms with Crippen LogP contribution < -0.4 is 10.8 Å².